The summed E-state index contributed by atoms with van der Waals surface area (Å²) >= 11 is 0. The van der Waals surface area contributed by atoms with Gasteiger partial charge in [0.25, 0.3) is 0 Å². The topological polar surface area (TPSA) is 52.6 Å². The molecule has 24 aromatic carbocycles. The Hall–Kier alpha value is -18.0. The van der Waals surface area contributed by atoms with Gasteiger partial charge in [0.1, 0.15) is 44.7 Å². The van der Waals surface area contributed by atoms with Gasteiger partial charge in [-0.25, -0.2) is 0 Å². The molecular weight excluding hydrogens is 1670 g/mol. The number of fused-ring (bicyclic) bond motifs is 40. The molecule has 4 nitrogen and oxygen atoms in total. The van der Waals surface area contributed by atoms with Gasteiger partial charge in [-0.3, -0.25) is 0 Å². The summed E-state index contributed by atoms with van der Waals surface area (Å²) < 4.78 is 26.6. The smallest absolute Gasteiger partial charge is 0.143 e. The largest absolute Gasteiger partial charge is 0.456 e. The van der Waals surface area contributed by atoms with Crippen LogP contribution in [0.25, 0.3) is 264 Å². The summed E-state index contributed by atoms with van der Waals surface area (Å²) in [5.41, 5.74) is 41.1. The molecule has 138 heavy (non-hydrogen) atoms. The van der Waals surface area contributed by atoms with Gasteiger partial charge in [0.2, 0.25) is 0 Å². The van der Waals surface area contributed by atoms with Crippen molar-refractivity contribution in [2.24, 2.45) is 0 Å². The molecule has 0 N–H and O–H groups in total. The van der Waals surface area contributed by atoms with Crippen LogP contribution in [0.5, 0.6) is 0 Å². The Bertz CT molecular complexity index is 9950. The first-order chi connectivity index (χ1) is 68.5. The van der Waals surface area contributed by atoms with Gasteiger partial charge in [0.15, 0.2) is 0 Å². The van der Waals surface area contributed by atoms with Gasteiger partial charge in [-0.15, -0.1) is 0 Å². The summed E-state index contributed by atoms with van der Waals surface area (Å²) in [6.07, 6.45) is 0. The predicted molar refractivity (Wildman–Crippen MR) is 572 cm³/mol. The van der Waals surface area contributed by atoms with Gasteiger partial charge in [0.05, 0.1) is 10.8 Å². The fraction of sp³-hybridized carbons (Fsp3) is 0.0149. The van der Waals surface area contributed by atoms with Crippen LogP contribution in [0, 0.1) is 0 Å². The molecule has 0 aliphatic heterocycles. The van der Waals surface area contributed by atoms with Crippen LogP contribution in [0.15, 0.2) is 479 Å². The molecule has 4 heterocycles. The summed E-state index contributed by atoms with van der Waals surface area (Å²) in [5, 5.41) is 23.6. The van der Waals surface area contributed by atoms with Crippen molar-refractivity contribution in [2.45, 2.75) is 10.8 Å². The zero-order valence-electron chi connectivity index (χ0n) is 74.5. The minimum atomic E-state index is -0.528. The second-order valence-corrected chi connectivity index (χ2v) is 37.8. The molecule has 4 aliphatic carbocycles. The third kappa shape index (κ3) is 10.1. The average molecular weight is 1750 g/mol. The molecule has 2 atom stereocenters. The van der Waals surface area contributed by atoms with Crippen molar-refractivity contribution in [1.82, 2.24) is 0 Å². The standard InChI is InChI=1S/2C67H38O2/c1-2-17-40-39(16-1)36-37-48-43-18-3-7-31-57(43)67(64(40)48)58-32-8-4-21-53(58)63-54(30-15-33-59(63)67)62-46-24-11-22-41(49-26-13-28-51-44-19-5-9-34-60(44)68-65(49)51)55(46)38-56-42(23-12-25-47(56)62)50-27-14-29-52-45-20-6-10-35-61(45)69-66(50)52;1-2-15-44-39(14-1)30-35-52-45-16-3-7-25-57(45)67(66(44)52)58-26-8-4-19-53(58)65-54(24-13-27-59(65)67)64-50-22-11-20-42(40-31-33-48-46-17-5-9-28-60(46)68-62(48)36-40)55(50)38-56-43(21-12-23-51(56)64)41-32-34-49-47-18-6-10-29-61(47)69-63(49)37-41/h2*1-38H. The van der Waals surface area contributed by atoms with Crippen molar-refractivity contribution in [3.8, 4) is 111 Å². The highest BCUT2D eigenvalue weighted by Crippen LogP contribution is 2.69. The summed E-state index contributed by atoms with van der Waals surface area (Å²) in [4.78, 5) is 0. The van der Waals surface area contributed by atoms with E-state index in [0.29, 0.717) is 0 Å². The van der Waals surface area contributed by atoms with Crippen LogP contribution >= 0.6 is 0 Å². The highest BCUT2D eigenvalue weighted by molar-refractivity contribution is 6.26. The quantitative estimate of drug-likeness (QED) is 0.156. The van der Waals surface area contributed by atoms with E-state index in [-0.39, 0.29) is 0 Å². The number of hydrogen-bond acceptors (Lipinski definition) is 4. The minimum absolute atomic E-state index is 0.518. The summed E-state index contributed by atoms with van der Waals surface area (Å²) in [5.74, 6) is 0. The van der Waals surface area contributed by atoms with E-state index in [4.69, 9.17) is 17.7 Å². The average Bonchev–Trinajstić information content (AvgIpc) is 1.50. The number of hydrogen-bond donors (Lipinski definition) is 0. The van der Waals surface area contributed by atoms with E-state index in [1.54, 1.807) is 0 Å². The fourth-order valence-electron chi connectivity index (χ4n) is 25.9. The van der Waals surface area contributed by atoms with Crippen LogP contribution in [0.4, 0.5) is 0 Å². The lowest BCUT2D eigenvalue weighted by Crippen LogP contribution is -2.26. The lowest BCUT2D eigenvalue weighted by atomic mass is 9.69. The zero-order chi connectivity index (χ0) is 89.9. The van der Waals surface area contributed by atoms with Gasteiger partial charge >= 0.3 is 0 Å². The van der Waals surface area contributed by atoms with Crippen molar-refractivity contribution >= 4 is 152 Å². The molecule has 28 aromatic rings. The van der Waals surface area contributed by atoms with Crippen LogP contribution in [-0.4, -0.2) is 0 Å². The highest BCUT2D eigenvalue weighted by atomic mass is 16.3. The maximum absolute atomic E-state index is 6.79. The normalized spacial score (nSPS) is 14.7. The van der Waals surface area contributed by atoms with E-state index < -0.39 is 10.8 Å². The third-order valence-corrected chi connectivity index (χ3v) is 31.4. The van der Waals surface area contributed by atoms with Gasteiger partial charge < -0.3 is 17.7 Å². The number of para-hydroxylation sites is 6. The molecule has 0 bridgehead atoms. The first kappa shape index (κ1) is 75.6. The van der Waals surface area contributed by atoms with Crippen LogP contribution in [-0.2, 0) is 10.8 Å². The van der Waals surface area contributed by atoms with Crippen molar-refractivity contribution in [3.05, 3.63) is 506 Å². The molecule has 2 unspecified atom stereocenters. The molecule has 2 spiro atoms. The Balaban J connectivity index is 0.000000128. The molecule has 0 amide bonds. The van der Waals surface area contributed by atoms with E-state index in [1.807, 2.05) is 12.1 Å². The van der Waals surface area contributed by atoms with Crippen LogP contribution in [0.2, 0.25) is 0 Å². The molecule has 0 fully saturated rings. The van der Waals surface area contributed by atoms with Crippen molar-refractivity contribution in [2.75, 3.05) is 0 Å². The molecule has 0 saturated heterocycles. The number of furan rings is 4. The Labute approximate surface area is 792 Å². The Kier molecular flexibility index (Phi) is 15.5. The van der Waals surface area contributed by atoms with Crippen LogP contribution < -0.4 is 0 Å². The monoisotopic (exact) mass is 1750 g/mol. The SMILES string of the molecule is c1ccc2c(c1)-c1ccc3ccccc3c1C21c2ccccc2-c2c(-c3c4cccc(-c5ccc6c(c5)oc5ccccc56)c4cc4c(-c5ccc6c(c5)oc5ccccc56)cccc34)cccc21.c1ccc2c(c1)-c1ccc3ccccc3c1C21c2ccccc2-c2c(-c3c4cccc(-c5cccc6c5oc5ccccc56)c4cc4c(-c5cccc6c5oc5ccccc56)cccc34)cccc21. The zero-order valence-corrected chi connectivity index (χ0v) is 74.5. The second-order valence-electron chi connectivity index (χ2n) is 37.8. The number of rotatable bonds is 6. The fourth-order valence-corrected chi connectivity index (χ4v) is 25.9. The van der Waals surface area contributed by atoms with Crippen LogP contribution in [0.3, 0.4) is 0 Å². The minimum Gasteiger partial charge on any atom is -0.456 e. The first-order valence-electron chi connectivity index (χ1n) is 47.8. The molecule has 4 aromatic heterocycles. The van der Waals surface area contributed by atoms with Gasteiger partial charge in [-0.2, -0.15) is 0 Å². The summed E-state index contributed by atoms with van der Waals surface area (Å²) in [6.45, 7) is 0. The molecule has 636 valence electrons. The Morgan fingerprint density at radius 2 is 0.406 bits per heavy atom. The summed E-state index contributed by atoms with van der Waals surface area (Å²) in [6, 6.07) is 171. The lowest BCUT2D eigenvalue weighted by Gasteiger charge is -2.31. The van der Waals surface area contributed by atoms with Crippen molar-refractivity contribution < 1.29 is 17.7 Å². The number of benzene rings is 24. The molecule has 0 saturated carbocycles. The Morgan fingerprint density at radius 1 is 0.130 bits per heavy atom. The van der Waals surface area contributed by atoms with E-state index >= 15 is 0 Å². The summed E-state index contributed by atoms with van der Waals surface area (Å²) in [7, 11) is 0. The lowest BCUT2D eigenvalue weighted by molar-refractivity contribution is 0.668. The highest BCUT2D eigenvalue weighted by Gasteiger charge is 2.55. The van der Waals surface area contributed by atoms with E-state index in [9.17, 15) is 0 Å². The second kappa shape index (κ2) is 28.3. The molecule has 4 aliphatic rings. The molecule has 4 heteroatoms. The maximum atomic E-state index is 6.79. The van der Waals surface area contributed by atoms with Crippen molar-refractivity contribution in [3.63, 3.8) is 0 Å². The molecular formula is C134H76O4. The molecule has 32 rings (SSSR count). The van der Waals surface area contributed by atoms with Gasteiger partial charge in [-0.05, 0) is 270 Å². The third-order valence-electron chi connectivity index (χ3n) is 31.4. The maximum Gasteiger partial charge on any atom is 0.143 e. The predicted octanol–water partition coefficient (Wildman–Crippen LogP) is 36.6. The van der Waals surface area contributed by atoms with Gasteiger partial charge in [-0.1, -0.05) is 400 Å². The van der Waals surface area contributed by atoms with Crippen molar-refractivity contribution in [1.29, 1.82) is 0 Å². The van der Waals surface area contributed by atoms with Crippen LogP contribution in [0.1, 0.15) is 44.5 Å². The van der Waals surface area contributed by atoms with E-state index in [0.717, 1.165) is 132 Å². The first-order valence-corrected chi connectivity index (χ1v) is 47.8. The van der Waals surface area contributed by atoms with E-state index in [2.05, 4.69) is 449 Å². The Morgan fingerprint density at radius 3 is 0.819 bits per heavy atom. The van der Waals surface area contributed by atoms with Gasteiger partial charge in [0, 0.05) is 54.2 Å². The van der Waals surface area contributed by atoms with E-state index in [1.165, 1.54) is 176 Å². The molecule has 0 radical (unpaired) electrons.